The fourth-order valence-electron chi connectivity index (χ4n) is 1.99. The first-order valence-corrected chi connectivity index (χ1v) is 7.84. The molecular formula is C10H18N8O2S. The Morgan fingerprint density at radius 2 is 2.10 bits per heavy atom. The zero-order chi connectivity index (χ0) is 15.5. The molecule has 0 aliphatic rings. The van der Waals surface area contributed by atoms with Crippen LogP contribution in [0.5, 0.6) is 0 Å². The van der Waals surface area contributed by atoms with Gasteiger partial charge in [0, 0.05) is 6.54 Å². The lowest BCUT2D eigenvalue weighted by molar-refractivity contribution is 0.563. The summed E-state index contributed by atoms with van der Waals surface area (Å²) in [6, 6.07) is 0. The van der Waals surface area contributed by atoms with E-state index < -0.39 is 10.0 Å². The van der Waals surface area contributed by atoms with E-state index >= 15 is 0 Å². The van der Waals surface area contributed by atoms with Crippen LogP contribution in [-0.4, -0.2) is 52.4 Å². The molecule has 2 aromatic heterocycles. The predicted octanol–water partition coefficient (Wildman–Crippen LogP) is -1.29. The molecule has 0 aromatic carbocycles. The second-order valence-corrected chi connectivity index (χ2v) is 6.18. The quantitative estimate of drug-likeness (QED) is 0.579. The molecule has 116 valence electrons. The van der Waals surface area contributed by atoms with Gasteiger partial charge in [0.2, 0.25) is 10.0 Å². The van der Waals surface area contributed by atoms with Gasteiger partial charge in [-0.15, -0.1) is 10.2 Å². The summed E-state index contributed by atoms with van der Waals surface area (Å²) in [6.07, 6.45) is 0. The van der Waals surface area contributed by atoms with Gasteiger partial charge in [0.25, 0.3) is 0 Å². The van der Waals surface area contributed by atoms with Crippen LogP contribution < -0.4 is 10.0 Å². The van der Waals surface area contributed by atoms with Crippen LogP contribution in [0.2, 0.25) is 0 Å². The number of aryl methyl sites for hydroxylation is 1. The Labute approximate surface area is 122 Å². The van der Waals surface area contributed by atoms with Gasteiger partial charge in [0.05, 0.1) is 24.5 Å². The number of likely N-dealkylation sites (N-methyl/N-ethyl adjacent to an activating group) is 1. The molecule has 0 atom stereocenters. The number of nitrogens with one attached hydrogen (secondary N) is 3. The number of H-pyrrole nitrogens is 1. The Bertz CT molecular complexity index is 691. The highest BCUT2D eigenvalue weighted by molar-refractivity contribution is 7.89. The third-order valence-electron chi connectivity index (χ3n) is 2.97. The molecule has 2 aromatic rings. The summed E-state index contributed by atoms with van der Waals surface area (Å²) in [4.78, 5) is 0.196. The average Bonchev–Trinajstić information content (AvgIpc) is 3.03. The van der Waals surface area contributed by atoms with Crippen LogP contribution in [0.25, 0.3) is 0 Å². The van der Waals surface area contributed by atoms with Gasteiger partial charge in [-0.2, -0.15) is 10.3 Å². The van der Waals surface area contributed by atoms with Gasteiger partial charge in [-0.3, -0.25) is 4.68 Å². The molecule has 0 aliphatic heterocycles. The second-order valence-electron chi connectivity index (χ2n) is 4.48. The SMILES string of the molecule is CNCCn1nc(C)c(S(=O)(=O)NCc2nn[nH]n2)c1C. The molecule has 10 nitrogen and oxygen atoms in total. The summed E-state index contributed by atoms with van der Waals surface area (Å²) in [7, 11) is -1.85. The Morgan fingerprint density at radius 1 is 1.33 bits per heavy atom. The highest BCUT2D eigenvalue weighted by Gasteiger charge is 2.24. The van der Waals surface area contributed by atoms with E-state index in [9.17, 15) is 8.42 Å². The van der Waals surface area contributed by atoms with Crippen LogP contribution in [0.1, 0.15) is 17.2 Å². The number of aromatic nitrogens is 6. The molecule has 3 N–H and O–H groups in total. The van der Waals surface area contributed by atoms with Crippen LogP contribution >= 0.6 is 0 Å². The van der Waals surface area contributed by atoms with Crippen molar-refractivity contribution in [2.75, 3.05) is 13.6 Å². The lowest BCUT2D eigenvalue weighted by atomic mass is 10.4. The molecule has 0 spiro atoms. The maximum Gasteiger partial charge on any atom is 0.244 e. The molecule has 0 amide bonds. The highest BCUT2D eigenvalue weighted by Crippen LogP contribution is 2.19. The van der Waals surface area contributed by atoms with Crippen molar-refractivity contribution in [2.45, 2.75) is 31.8 Å². The topological polar surface area (TPSA) is 130 Å². The fraction of sp³-hybridized carbons (Fsp3) is 0.600. The van der Waals surface area contributed by atoms with Crippen molar-refractivity contribution in [2.24, 2.45) is 0 Å². The van der Waals surface area contributed by atoms with Gasteiger partial charge in [0.15, 0.2) is 5.82 Å². The van der Waals surface area contributed by atoms with Gasteiger partial charge >= 0.3 is 0 Å². The minimum atomic E-state index is -3.68. The van der Waals surface area contributed by atoms with Crippen molar-refractivity contribution in [1.29, 1.82) is 0 Å². The van der Waals surface area contributed by atoms with Crippen molar-refractivity contribution in [3.63, 3.8) is 0 Å². The maximum atomic E-state index is 12.4. The van der Waals surface area contributed by atoms with Crippen molar-refractivity contribution in [3.8, 4) is 0 Å². The van der Waals surface area contributed by atoms with E-state index in [0.717, 1.165) is 0 Å². The van der Waals surface area contributed by atoms with Gasteiger partial charge < -0.3 is 5.32 Å². The number of rotatable bonds is 7. The van der Waals surface area contributed by atoms with Crippen LogP contribution in [-0.2, 0) is 23.1 Å². The summed E-state index contributed by atoms with van der Waals surface area (Å²) in [5.41, 5.74) is 1.06. The zero-order valence-corrected chi connectivity index (χ0v) is 12.9. The van der Waals surface area contributed by atoms with E-state index in [1.165, 1.54) is 0 Å². The van der Waals surface area contributed by atoms with Crippen molar-refractivity contribution >= 4 is 10.0 Å². The maximum absolute atomic E-state index is 12.4. The zero-order valence-electron chi connectivity index (χ0n) is 12.1. The number of aromatic amines is 1. The summed E-state index contributed by atoms with van der Waals surface area (Å²) < 4.78 is 28.9. The van der Waals surface area contributed by atoms with Crippen LogP contribution in [0.15, 0.2) is 4.90 Å². The number of nitrogens with zero attached hydrogens (tertiary/aromatic N) is 5. The van der Waals surface area contributed by atoms with Gasteiger partial charge in [-0.05, 0) is 20.9 Å². The van der Waals surface area contributed by atoms with E-state index in [4.69, 9.17) is 0 Å². The van der Waals surface area contributed by atoms with E-state index in [0.29, 0.717) is 24.5 Å². The van der Waals surface area contributed by atoms with E-state index in [-0.39, 0.29) is 17.3 Å². The molecule has 0 saturated carbocycles. The summed E-state index contributed by atoms with van der Waals surface area (Å²) in [6.45, 7) is 4.69. The fourth-order valence-corrected chi connectivity index (χ4v) is 3.38. The van der Waals surface area contributed by atoms with Gasteiger partial charge in [-0.25, -0.2) is 13.1 Å². The third kappa shape index (κ3) is 3.43. The molecule has 21 heavy (non-hydrogen) atoms. The molecular weight excluding hydrogens is 296 g/mol. The Kier molecular flexibility index (Phi) is 4.65. The summed E-state index contributed by atoms with van der Waals surface area (Å²) in [5, 5.41) is 20.3. The Morgan fingerprint density at radius 3 is 2.71 bits per heavy atom. The Hall–Kier alpha value is -1.85. The lowest BCUT2D eigenvalue weighted by Gasteiger charge is -2.06. The normalized spacial score (nSPS) is 12.0. The number of tetrazole rings is 1. The average molecular weight is 314 g/mol. The number of hydrogen-bond donors (Lipinski definition) is 3. The number of hydrogen-bond acceptors (Lipinski definition) is 7. The summed E-state index contributed by atoms with van der Waals surface area (Å²) in [5.74, 6) is 0.274. The first-order chi connectivity index (χ1) is 9.95. The van der Waals surface area contributed by atoms with Crippen molar-refractivity contribution in [3.05, 3.63) is 17.2 Å². The standard InChI is InChI=1S/C10H18N8O2S/c1-7-10(8(2)18(15-7)5-4-11-3)21(19,20)12-6-9-13-16-17-14-9/h11-12H,4-6H2,1-3H3,(H,13,14,16,17). The minimum absolute atomic E-state index is 0.0284. The first kappa shape index (κ1) is 15.5. The molecule has 2 rings (SSSR count). The smallest absolute Gasteiger partial charge is 0.244 e. The van der Waals surface area contributed by atoms with Crippen LogP contribution in [0, 0.1) is 13.8 Å². The molecule has 11 heteroatoms. The number of sulfonamides is 1. The molecule has 0 saturated heterocycles. The third-order valence-corrected chi connectivity index (χ3v) is 4.62. The molecule has 0 radical (unpaired) electrons. The second kappa shape index (κ2) is 6.28. The Balaban J connectivity index is 2.21. The lowest BCUT2D eigenvalue weighted by Crippen LogP contribution is -2.25. The van der Waals surface area contributed by atoms with Crippen LogP contribution in [0.3, 0.4) is 0 Å². The monoisotopic (exact) mass is 314 g/mol. The molecule has 0 fully saturated rings. The molecule has 0 bridgehead atoms. The van der Waals surface area contributed by atoms with E-state index in [1.54, 1.807) is 18.5 Å². The molecule has 0 aliphatic carbocycles. The molecule has 2 heterocycles. The van der Waals surface area contributed by atoms with Gasteiger partial charge in [0.1, 0.15) is 4.90 Å². The van der Waals surface area contributed by atoms with Crippen LogP contribution in [0.4, 0.5) is 0 Å². The van der Waals surface area contributed by atoms with E-state index in [2.05, 4.69) is 35.8 Å². The predicted molar refractivity (Wildman–Crippen MR) is 73.8 cm³/mol. The van der Waals surface area contributed by atoms with E-state index in [1.807, 2.05) is 7.05 Å². The van der Waals surface area contributed by atoms with Crippen molar-refractivity contribution in [1.82, 2.24) is 40.4 Å². The largest absolute Gasteiger partial charge is 0.318 e. The van der Waals surface area contributed by atoms with Crippen molar-refractivity contribution < 1.29 is 8.42 Å². The van der Waals surface area contributed by atoms with Gasteiger partial charge in [-0.1, -0.05) is 5.21 Å². The summed E-state index contributed by atoms with van der Waals surface area (Å²) >= 11 is 0. The molecule has 0 unspecified atom stereocenters. The minimum Gasteiger partial charge on any atom is -0.318 e. The highest BCUT2D eigenvalue weighted by atomic mass is 32.2. The first-order valence-electron chi connectivity index (χ1n) is 6.36.